The molecule has 0 spiro atoms. The highest BCUT2D eigenvalue weighted by atomic mass is 35.5. The Labute approximate surface area is 109 Å². The Bertz CT molecular complexity index is 490. The van der Waals surface area contributed by atoms with Crippen molar-refractivity contribution < 1.29 is 18.3 Å². The lowest BCUT2D eigenvalue weighted by Crippen LogP contribution is -2.22. The van der Waals surface area contributed by atoms with Crippen molar-refractivity contribution in [1.82, 2.24) is 0 Å². The molecular formula is C13H13ClF2O2. The van der Waals surface area contributed by atoms with Crippen LogP contribution in [0.3, 0.4) is 0 Å². The molecule has 0 saturated carbocycles. The number of ether oxygens (including phenoxy) is 1. The van der Waals surface area contributed by atoms with Gasteiger partial charge in [0.05, 0.1) is 5.02 Å². The Morgan fingerprint density at radius 1 is 1.33 bits per heavy atom. The summed E-state index contributed by atoms with van der Waals surface area (Å²) in [5.74, 6) is -2.38. The summed E-state index contributed by atoms with van der Waals surface area (Å²) in [6.45, 7) is 5.08. The average molecular weight is 275 g/mol. The Morgan fingerprint density at radius 3 is 2.50 bits per heavy atom. The van der Waals surface area contributed by atoms with E-state index in [1.54, 1.807) is 20.8 Å². The number of hydrogen-bond donors (Lipinski definition) is 0. The molecule has 0 aliphatic heterocycles. The lowest BCUT2D eigenvalue weighted by Gasteiger charge is -2.17. The fourth-order valence-electron chi connectivity index (χ4n) is 1.18. The Hall–Kier alpha value is -1.42. The third kappa shape index (κ3) is 4.11. The van der Waals surface area contributed by atoms with Gasteiger partial charge in [0.2, 0.25) is 0 Å². The third-order valence-electron chi connectivity index (χ3n) is 1.87. The van der Waals surface area contributed by atoms with E-state index in [1.165, 1.54) is 0 Å². The van der Waals surface area contributed by atoms with Crippen molar-refractivity contribution in [3.05, 3.63) is 40.4 Å². The van der Waals surface area contributed by atoms with Gasteiger partial charge in [0.1, 0.15) is 11.4 Å². The van der Waals surface area contributed by atoms with Crippen molar-refractivity contribution in [2.75, 3.05) is 0 Å². The third-order valence-corrected chi connectivity index (χ3v) is 2.16. The van der Waals surface area contributed by atoms with Crippen molar-refractivity contribution in [3.63, 3.8) is 0 Å². The molecule has 2 nitrogen and oxygen atoms in total. The van der Waals surface area contributed by atoms with Crippen LogP contribution in [0.5, 0.6) is 0 Å². The molecule has 1 aromatic rings. The quantitative estimate of drug-likeness (QED) is 0.463. The number of esters is 1. The van der Waals surface area contributed by atoms with Crippen molar-refractivity contribution >= 4 is 23.6 Å². The molecule has 0 amide bonds. The minimum atomic E-state index is -0.906. The molecule has 0 fully saturated rings. The van der Waals surface area contributed by atoms with E-state index in [9.17, 15) is 13.6 Å². The molecule has 0 atom stereocenters. The smallest absolute Gasteiger partial charge is 0.331 e. The molecule has 0 unspecified atom stereocenters. The molecule has 0 aromatic heterocycles. The molecule has 0 bridgehead atoms. The molecular weight excluding hydrogens is 262 g/mol. The van der Waals surface area contributed by atoms with Crippen molar-refractivity contribution in [2.45, 2.75) is 26.4 Å². The number of carbonyl (C=O) groups is 1. The minimum absolute atomic E-state index is 0.208. The molecule has 0 N–H and O–H groups in total. The summed E-state index contributed by atoms with van der Waals surface area (Å²) < 4.78 is 31.8. The molecule has 1 aromatic carbocycles. The summed E-state index contributed by atoms with van der Waals surface area (Å²) in [5, 5.41) is -0.208. The van der Waals surface area contributed by atoms with E-state index in [4.69, 9.17) is 16.3 Å². The minimum Gasteiger partial charge on any atom is -0.457 e. The monoisotopic (exact) mass is 274 g/mol. The van der Waals surface area contributed by atoms with Crippen LogP contribution in [0, 0.1) is 11.6 Å². The van der Waals surface area contributed by atoms with Gasteiger partial charge in [-0.15, -0.1) is 0 Å². The van der Waals surface area contributed by atoms with Crippen LogP contribution >= 0.6 is 11.6 Å². The van der Waals surface area contributed by atoms with E-state index in [0.717, 1.165) is 24.3 Å². The molecule has 18 heavy (non-hydrogen) atoms. The topological polar surface area (TPSA) is 26.3 Å². The van der Waals surface area contributed by atoms with E-state index in [2.05, 4.69) is 0 Å². The Morgan fingerprint density at radius 2 is 1.94 bits per heavy atom. The average Bonchev–Trinajstić information content (AvgIpc) is 2.21. The van der Waals surface area contributed by atoms with Gasteiger partial charge in [0.25, 0.3) is 0 Å². The summed E-state index contributed by atoms with van der Waals surface area (Å²) in [6.07, 6.45) is 1.97. The number of hydrogen-bond acceptors (Lipinski definition) is 2. The van der Waals surface area contributed by atoms with E-state index < -0.39 is 23.2 Å². The van der Waals surface area contributed by atoms with Crippen molar-refractivity contribution in [2.24, 2.45) is 0 Å². The van der Waals surface area contributed by atoms with Crippen LogP contribution in [-0.4, -0.2) is 11.6 Å². The van der Waals surface area contributed by atoms with Crippen molar-refractivity contribution in [1.29, 1.82) is 0 Å². The van der Waals surface area contributed by atoms with E-state index >= 15 is 0 Å². The van der Waals surface area contributed by atoms with Crippen LogP contribution < -0.4 is 0 Å². The van der Waals surface area contributed by atoms with E-state index in [0.29, 0.717) is 0 Å². The summed E-state index contributed by atoms with van der Waals surface area (Å²) in [4.78, 5) is 11.4. The van der Waals surface area contributed by atoms with Gasteiger partial charge >= 0.3 is 5.97 Å². The van der Waals surface area contributed by atoms with Crippen LogP contribution in [0.4, 0.5) is 8.78 Å². The first-order valence-electron chi connectivity index (χ1n) is 5.25. The molecule has 0 aliphatic carbocycles. The zero-order chi connectivity index (χ0) is 13.9. The maximum absolute atomic E-state index is 13.5. The van der Waals surface area contributed by atoms with Gasteiger partial charge in [0.15, 0.2) is 5.82 Å². The largest absolute Gasteiger partial charge is 0.457 e. The first kappa shape index (κ1) is 14.6. The normalized spacial score (nSPS) is 11.9. The highest BCUT2D eigenvalue weighted by molar-refractivity contribution is 6.30. The van der Waals surface area contributed by atoms with Crippen LogP contribution in [0.1, 0.15) is 26.3 Å². The highest BCUT2D eigenvalue weighted by Gasteiger charge is 2.15. The van der Waals surface area contributed by atoms with Gasteiger partial charge in [0, 0.05) is 11.6 Å². The Balaban J connectivity index is 2.92. The van der Waals surface area contributed by atoms with Crippen LogP contribution in [-0.2, 0) is 9.53 Å². The predicted molar refractivity (Wildman–Crippen MR) is 66.2 cm³/mol. The van der Waals surface area contributed by atoms with Gasteiger partial charge < -0.3 is 4.74 Å². The summed E-state index contributed by atoms with van der Waals surface area (Å²) >= 11 is 5.52. The van der Waals surface area contributed by atoms with Gasteiger partial charge in [-0.1, -0.05) is 11.6 Å². The Kier molecular flexibility index (Phi) is 4.46. The summed E-state index contributed by atoms with van der Waals surface area (Å²) in [5.41, 5.74) is -1.03. The van der Waals surface area contributed by atoms with Crippen LogP contribution in [0.25, 0.3) is 6.08 Å². The van der Waals surface area contributed by atoms with E-state index in [1.807, 2.05) is 0 Å². The lowest BCUT2D eigenvalue weighted by atomic mass is 10.1. The zero-order valence-corrected chi connectivity index (χ0v) is 11.0. The number of carbonyl (C=O) groups excluding carboxylic acids is 1. The zero-order valence-electron chi connectivity index (χ0n) is 10.3. The summed E-state index contributed by atoms with van der Waals surface area (Å²) in [6, 6.07) is 2.14. The standard InChI is InChI=1S/C13H13ClF2O2/c1-13(2,3)18-11(17)7-4-8-10(15)6-5-9(14)12(8)16/h4-7H,1-3H3. The fourth-order valence-corrected chi connectivity index (χ4v) is 1.35. The predicted octanol–water partition coefficient (Wildman–Crippen LogP) is 3.97. The van der Waals surface area contributed by atoms with Crippen LogP contribution in [0.15, 0.2) is 18.2 Å². The SMILES string of the molecule is CC(C)(C)OC(=O)C=Cc1c(F)ccc(Cl)c1F. The first-order valence-corrected chi connectivity index (χ1v) is 5.63. The molecule has 5 heteroatoms. The van der Waals surface area contributed by atoms with Gasteiger partial charge in [-0.2, -0.15) is 0 Å². The first-order chi connectivity index (χ1) is 8.20. The maximum atomic E-state index is 13.5. The van der Waals surface area contributed by atoms with E-state index in [-0.39, 0.29) is 10.6 Å². The molecule has 1 rings (SSSR count). The second-order valence-corrected chi connectivity index (χ2v) is 5.03. The van der Waals surface area contributed by atoms with Crippen LogP contribution in [0.2, 0.25) is 5.02 Å². The molecule has 0 radical (unpaired) electrons. The molecule has 0 heterocycles. The number of rotatable bonds is 2. The fraction of sp³-hybridized carbons (Fsp3) is 0.308. The number of benzene rings is 1. The van der Waals surface area contributed by atoms with Gasteiger partial charge in [-0.25, -0.2) is 13.6 Å². The molecule has 98 valence electrons. The van der Waals surface area contributed by atoms with Gasteiger partial charge in [-0.05, 0) is 39.0 Å². The highest BCUT2D eigenvalue weighted by Crippen LogP contribution is 2.22. The number of halogens is 3. The van der Waals surface area contributed by atoms with Crippen molar-refractivity contribution in [3.8, 4) is 0 Å². The summed E-state index contributed by atoms with van der Waals surface area (Å²) in [7, 11) is 0. The maximum Gasteiger partial charge on any atom is 0.331 e. The molecule has 0 saturated heterocycles. The second-order valence-electron chi connectivity index (χ2n) is 4.62. The van der Waals surface area contributed by atoms with Gasteiger partial charge in [-0.3, -0.25) is 0 Å². The molecule has 0 aliphatic rings. The lowest BCUT2D eigenvalue weighted by molar-refractivity contribution is -0.148. The second kappa shape index (κ2) is 5.48.